The monoisotopic (exact) mass is 222 g/mol. The summed E-state index contributed by atoms with van der Waals surface area (Å²) in [5.74, 6) is -0.0375. The third-order valence-corrected chi connectivity index (χ3v) is 3.28. The van der Waals surface area contributed by atoms with E-state index in [4.69, 9.17) is 5.26 Å². The first-order valence-corrected chi connectivity index (χ1v) is 6.40. The van der Waals surface area contributed by atoms with Crippen molar-refractivity contribution in [3.05, 3.63) is 0 Å². The van der Waals surface area contributed by atoms with Crippen LogP contribution in [-0.4, -0.2) is 11.9 Å². The summed E-state index contributed by atoms with van der Waals surface area (Å²) in [5.41, 5.74) is -0.668. The predicted molar refractivity (Wildman–Crippen MR) is 63.6 cm³/mol. The molecule has 1 N–H and O–H groups in total. The van der Waals surface area contributed by atoms with E-state index in [9.17, 15) is 4.79 Å². The van der Waals surface area contributed by atoms with E-state index in [0.29, 0.717) is 0 Å². The van der Waals surface area contributed by atoms with Crippen molar-refractivity contribution in [2.45, 2.75) is 64.8 Å². The molecule has 1 aliphatic carbocycles. The third kappa shape index (κ3) is 3.23. The Bertz CT molecular complexity index is 276. The van der Waals surface area contributed by atoms with Crippen LogP contribution >= 0.6 is 0 Å². The van der Waals surface area contributed by atoms with Crippen molar-refractivity contribution in [1.82, 2.24) is 5.32 Å². The number of hydrogen-bond acceptors (Lipinski definition) is 2. The summed E-state index contributed by atoms with van der Waals surface area (Å²) in [7, 11) is 0. The minimum absolute atomic E-state index is 0.0375. The Labute approximate surface area is 98.2 Å². The quantitative estimate of drug-likeness (QED) is 0.720. The summed E-state index contributed by atoms with van der Waals surface area (Å²) in [6.45, 7) is 4.28. The molecule has 16 heavy (non-hydrogen) atoms. The highest BCUT2D eigenvalue weighted by atomic mass is 16.2. The smallest absolute Gasteiger partial charge is 0.240 e. The van der Waals surface area contributed by atoms with Crippen LogP contribution in [0.15, 0.2) is 0 Å². The largest absolute Gasteiger partial charge is 0.352 e. The average molecular weight is 222 g/mol. The molecule has 0 heterocycles. The van der Waals surface area contributed by atoms with Crippen LogP contribution in [0, 0.1) is 16.7 Å². The van der Waals surface area contributed by atoms with E-state index in [2.05, 4.69) is 25.2 Å². The number of nitrogens with one attached hydrogen (secondary N) is 1. The standard InChI is InChI=1S/C13H22N2O/c1-3-5-7-11(6-4-2)15-12(16)13(10-14)8-9-13/h11H,3-9H2,1-2H3,(H,15,16). The zero-order valence-corrected chi connectivity index (χ0v) is 10.4. The van der Waals surface area contributed by atoms with Crippen LogP contribution in [0.4, 0.5) is 0 Å². The van der Waals surface area contributed by atoms with Gasteiger partial charge >= 0.3 is 0 Å². The highest BCUT2D eigenvalue weighted by Crippen LogP contribution is 2.45. The maximum Gasteiger partial charge on any atom is 0.240 e. The topological polar surface area (TPSA) is 52.9 Å². The molecule has 0 saturated heterocycles. The van der Waals surface area contributed by atoms with Gasteiger partial charge in [0.05, 0.1) is 6.07 Å². The van der Waals surface area contributed by atoms with Gasteiger partial charge in [-0.3, -0.25) is 4.79 Å². The maximum atomic E-state index is 11.9. The van der Waals surface area contributed by atoms with Gasteiger partial charge in [0.25, 0.3) is 0 Å². The van der Waals surface area contributed by atoms with Gasteiger partial charge in [-0.05, 0) is 25.7 Å². The van der Waals surface area contributed by atoms with Crippen molar-refractivity contribution in [3.63, 3.8) is 0 Å². The first kappa shape index (κ1) is 13.0. The highest BCUT2D eigenvalue weighted by Gasteiger charge is 2.50. The molecule has 3 heteroatoms. The Hall–Kier alpha value is -1.04. The normalized spacial score (nSPS) is 18.6. The van der Waals surface area contributed by atoms with Crippen molar-refractivity contribution >= 4 is 5.91 Å². The number of carbonyl (C=O) groups is 1. The molecule has 0 bridgehead atoms. The van der Waals surface area contributed by atoms with Gasteiger partial charge in [0, 0.05) is 6.04 Å². The number of nitrogens with zero attached hydrogens (tertiary/aromatic N) is 1. The molecule has 1 saturated carbocycles. The van der Waals surface area contributed by atoms with Gasteiger partial charge < -0.3 is 5.32 Å². The Morgan fingerprint density at radius 1 is 1.38 bits per heavy atom. The Morgan fingerprint density at radius 2 is 2.06 bits per heavy atom. The summed E-state index contributed by atoms with van der Waals surface area (Å²) in [6, 6.07) is 2.41. The number of hydrogen-bond donors (Lipinski definition) is 1. The van der Waals surface area contributed by atoms with E-state index < -0.39 is 5.41 Å². The van der Waals surface area contributed by atoms with E-state index in [1.54, 1.807) is 0 Å². The molecular formula is C13H22N2O. The molecule has 1 rings (SSSR count). The zero-order chi connectivity index (χ0) is 12.0. The van der Waals surface area contributed by atoms with Crippen LogP contribution in [0.5, 0.6) is 0 Å². The number of amides is 1. The Kier molecular flexibility index (Phi) is 4.79. The molecule has 0 aromatic heterocycles. The van der Waals surface area contributed by atoms with Crippen molar-refractivity contribution in [2.75, 3.05) is 0 Å². The lowest BCUT2D eigenvalue weighted by Crippen LogP contribution is -2.39. The first-order valence-electron chi connectivity index (χ1n) is 6.40. The van der Waals surface area contributed by atoms with Gasteiger partial charge in [0.15, 0.2) is 0 Å². The van der Waals surface area contributed by atoms with Crippen LogP contribution in [-0.2, 0) is 4.79 Å². The molecule has 0 radical (unpaired) electrons. The molecule has 0 spiro atoms. The summed E-state index contributed by atoms with van der Waals surface area (Å²) >= 11 is 0. The fraction of sp³-hybridized carbons (Fsp3) is 0.846. The summed E-state index contributed by atoms with van der Waals surface area (Å²) < 4.78 is 0. The van der Waals surface area contributed by atoms with Crippen molar-refractivity contribution in [3.8, 4) is 6.07 Å². The summed E-state index contributed by atoms with van der Waals surface area (Å²) in [6.07, 6.45) is 6.91. The van der Waals surface area contributed by atoms with E-state index in [1.165, 1.54) is 0 Å². The summed E-state index contributed by atoms with van der Waals surface area (Å²) in [4.78, 5) is 11.9. The maximum absolute atomic E-state index is 11.9. The fourth-order valence-electron chi connectivity index (χ4n) is 1.93. The lowest BCUT2D eigenvalue weighted by atomic mass is 10.0. The van der Waals surface area contributed by atoms with Crippen molar-refractivity contribution < 1.29 is 4.79 Å². The lowest BCUT2D eigenvalue weighted by molar-refractivity contribution is -0.125. The minimum Gasteiger partial charge on any atom is -0.352 e. The van der Waals surface area contributed by atoms with Gasteiger partial charge in [-0.15, -0.1) is 0 Å². The van der Waals surface area contributed by atoms with E-state index in [0.717, 1.165) is 44.9 Å². The second kappa shape index (κ2) is 5.89. The third-order valence-electron chi connectivity index (χ3n) is 3.28. The van der Waals surface area contributed by atoms with Crippen LogP contribution in [0.3, 0.4) is 0 Å². The van der Waals surface area contributed by atoms with Crippen molar-refractivity contribution in [1.29, 1.82) is 5.26 Å². The molecule has 0 aliphatic heterocycles. The van der Waals surface area contributed by atoms with Crippen LogP contribution < -0.4 is 5.32 Å². The predicted octanol–water partition coefficient (Wildman–Crippen LogP) is 2.77. The number of nitriles is 1. The van der Waals surface area contributed by atoms with Crippen LogP contribution in [0.1, 0.15) is 58.8 Å². The lowest BCUT2D eigenvalue weighted by Gasteiger charge is -2.19. The van der Waals surface area contributed by atoms with Crippen LogP contribution in [0.25, 0.3) is 0 Å². The van der Waals surface area contributed by atoms with Gasteiger partial charge in [-0.1, -0.05) is 33.1 Å². The number of carbonyl (C=O) groups excluding carboxylic acids is 1. The molecular weight excluding hydrogens is 200 g/mol. The number of unbranched alkanes of at least 4 members (excludes halogenated alkanes) is 1. The van der Waals surface area contributed by atoms with E-state index in [-0.39, 0.29) is 11.9 Å². The molecule has 1 fully saturated rings. The molecule has 1 atom stereocenters. The Morgan fingerprint density at radius 3 is 2.50 bits per heavy atom. The SMILES string of the molecule is CCCCC(CCC)NC(=O)C1(C#N)CC1. The molecule has 1 aliphatic rings. The molecule has 0 aromatic rings. The molecule has 1 amide bonds. The highest BCUT2D eigenvalue weighted by molar-refractivity contribution is 5.88. The molecule has 1 unspecified atom stereocenters. The first-order chi connectivity index (χ1) is 7.68. The molecule has 3 nitrogen and oxygen atoms in total. The van der Waals surface area contributed by atoms with Gasteiger partial charge in [0.1, 0.15) is 5.41 Å². The molecule has 90 valence electrons. The van der Waals surface area contributed by atoms with Crippen LogP contribution in [0.2, 0.25) is 0 Å². The van der Waals surface area contributed by atoms with E-state index >= 15 is 0 Å². The van der Waals surface area contributed by atoms with Crippen molar-refractivity contribution in [2.24, 2.45) is 5.41 Å². The number of rotatable bonds is 7. The van der Waals surface area contributed by atoms with E-state index in [1.807, 2.05) is 0 Å². The van der Waals surface area contributed by atoms with Gasteiger partial charge in [-0.2, -0.15) is 5.26 Å². The van der Waals surface area contributed by atoms with Gasteiger partial charge in [0.2, 0.25) is 5.91 Å². The summed E-state index contributed by atoms with van der Waals surface area (Å²) in [5, 5.41) is 12.0. The minimum atomic E-state index is -0.668. The zero-order valence-electron chi connectivity index (χ0n) is 10.4. The van der Waals surface area contributed by atoms with Gasteiger partial charge in [-0.25, -0.2) is 0 Å². The second-order valence-electron chi connectivity index (χ2n) is 4.80. The second-order valence-corrected chi connectivity index (χ2v) is 4.80. The average Bonchev–Trinajstić information content (AvgIpc) is 3.07. The Balaban J connectivity index is 2.42. The fourth-order valence-corrected chi connectivity index (χ4v) is 1.93. The molecule has 0 aromatic carbocycles.